The van der Waals surface area contributed by atoms with Crippen molar-refractivity contribution in [2.24, 2.45) is 0 Å². The van der Waals surface area contributed by atoms with Gasteiger partial charge in [-0.1, -0.05) is 84.2 Å². The molecule has 0 spiro atoms. The predicted molar refractivity (Wildman–Crippen MR) is 97.5 cm³/mol. The first-order valence-electron chi connectivity index (χ1n) is 8.16. The van der Waals surface area contributed by atoms with E-state index in [2.05, 4.69) is 57.8 Å². The lowest BCUT2D eigenvalue weighted by molar-refractivity contribution is 0.649. The first kappa shape index (κ1) is 18.2. The molecule has 0 N–H and O–H groups in total. The molecule has 0 aliphatic rings. The highest BCUT2D eigenvalue weighted by atomic mass is 79.9. The molecule has 114 valence electrons. The number of rotatable bonds is 10. The number of hydrogen-bond acceptors (Lipinski definition) is 0. The summed E-state index contributed by atoms with van der Waals surface area (Å²) in [4.78, 5) is 0. The van der Waals surface area contributed by atoms with Crippen molar-refractivity contribution in [1.29, 1.82) is 0 Å². The fourth-order valence-electron chi connectivity index (χ4n) is 2.63. The molecule has 0 saturated heterocycles. The molecule has 0 fully saturated rings. The lowest BCUT2D eigenvalue weighted by Gasteiger charge is -2.14. The Morgan fingerprint density at radius 1 is 0.650 bits per heavy atom. The lowest BCUT2D eigenvalue weighted by atomic mass is 9.97. The quantitative estimate of drug-likeness (QED) is 0.355. The molecule has 0 bridgehead atoms. The minimum absolute atomic E-state index is 1.21. The van der Waals surface area contributed by atoms with E-state index in [4.69, 9.17) is 0 Å². The van der Waals surface area contributed by atoms with Gasteiger partial charge in [-0.2, -0.15) is 0 Å². The van der Waals surface area contributed by atoms with Gasteiger partial charge in [0.05, 0.1) is 0 Å². The van der Waals surface area contributed by atoms with Crippen molar-refractivity contribution in [2.75, 3.05) is 0 Å². The van der Waals surface area contributed by atoms with Crippen LogP contribution in [0.3, 0.4) is 0 Å². The molecule has 1 aromatic carbocycles. The van der Waals surface area contributed by atoms with Crippen molar-refractivity contribution < 1.29 is 0 Å². The summed E-state index contributed by atoms with van der Waals surface area (Å²) >= 11 is 7.50. The van der Waals surface area contributed by atoms with E-state index in [9.17, 15) is 0 Å². The van der Waals surface area contributed by atoms with Gasteiger partial charge in [-0.05, 0) is 48.9 Å². The van der Waals surface area contributed by atoms with Gasteiger partial charge in [-0.25, -0.2) is 0 Å². The molecule has 0 aliphatic carbocycles. The Kier molecular flexibility index (Phi) is 9.88. The summed E-state index contributed by atoms with van der Waals surface area (Å²) in [5.41, 5.74) is 3.07. The summed E-state index contributed by atoms with van der Waals surface area (Å²) in [6.45, 7) is 4.54. The van der Waals surface area contributed by atoms with Gasteiger partial charge in [-0.3, -0.25) is 0 Å². The molecule has 0 heterocycles. The van der Waals surface area contributed by atoms with Gasteiger partial charge < -0.3 is 0 Å². The molecule has 0 atom stereocenters. The van der Waals surface area contributed by atoms with Crippen LogP contribution in [0.1, 0.15) is 76.3 Å². The highest BCUT2D eigenvalue weighted by Gasteiger charge is 2.10. The highest BCUT2D eigenvalue weighted by molar-refractivity contribution is 9.11. The van der Waals surface area contributed by atoms with Gasteiger partial charge in [0, 0.05) is 8.95 Å². The fraction of sp³-hybridized carbons (Fsp3) is 0.667. The summed E-state index contributed by atoms with van der Waals surface area (Å²) in [5, 5.41) is 0. The van der Waals surface area contributed by atoms with E-state index in [1.54, 1.807) is 0 Å². The third kappa shape index (κ3) is 6.30. The Bertz CT molecular complexity index is 348. The van der Waals surface area contributed by atoms with E-state index in [1.807, 2.05) is 0 Å². The second-order valence-electron chi connectivity index (χ2n) is 5.61. The van der Waals surface area contributed by atoms with Crippen LogP contribution in [0.2, 0.25) is 0 Å². The standard InChI is InChI=1S/C18H28Br2/c1-3-5-7-9-11-15-16(12-10-8-6-4-2)18(20)14-13-17(15)19/h13-14H,3-12H2,1-2H3. The second-order valence-corrected chi connectivity index (χ2v) is 7.32. The van der Waals surface area contributed by atoms with E-state index in [-0.39, 0.29) is 0 Å². The van der Waals surface area contributed by atoms with Gasteiger partial charge in [0.15, 0.2) is 0 Å². The monoisotopic (exact) mass is 402 g/mol. The topological polar surface area (TPSA) is 0 Å². The van der Waals surface area contributed by atoms with Crippen LogP contribution >= 0.6 is 31.9 Å². The first-order valence-corrected chi connectivity index (χ1v) is 9.75. The Morgan fingerprint density at radius 2 is 1.05 bits per heavy atom. The number of hydrogen-bond donors (Lipinski definition) is 0. The summed E-state index contributed by atoms with van der Waals surface area (Å²) < 4.78 is 2.59. The smallest absolute Gasteiger partial charge is 0.0210 e. The number of unbranched alkanes of at least 4 members (excludes halogenated alkanes) is 6. The van der Waals surface area contributed by atoms with Crippen molar-refractivity contribution in [1.82, 2.24) is 0 Å². The van der Waals surface area contributed by atoms with Crippen LogP contribution < -0.4 is 0 Å². The van der Waals surface area contributed by atoms with Crippen molar-refractivity contribution >= 4 is 31.9 Å². The minimum Gasteiger partial charge on any atom is -0.0654 e. The van der Waals surface area contributed by atoms with E-state index in [0.29, 0.717) is 0 Å². The van der Waals surface area contributed by atoms with Crippen molar-refractivity contribution in [3.63, 3.8) is 0 Å². The molecule has 0 unspecified atom stereocenters. The highest BCUT2D eigenvalue weighted by Crippen LogP contribution is 2.30. The summed E-state index contributed by atoms with van der Waals surface area (Å²) in [6.07, 6.45) is 13.1. The van der Waals surface area contributed by atoms with Crippen LogP contribution in [0, 0.1) is 0 Å². The van der Waals surface area contributed by atoms with Crippen LogP contribution in [-0.4, -0.2) is 0 Å². The average Bonchev–Trinajstić information content (AvgIpc) is 2.45. The molecule has 0 aromatic heterocycles. The van der Waals surface area contributed by atoms with Crippen LogP contribution in [0.15, 0.2) is 21.1 Å². The molecule has 2 heteroatoms. The molecule has 0 nitrogen and oxygen atoms in total. The SMILES string of the molecule is CCCCCCc1c(Br)ccc(Br)c1CCCCCC. The molecule has 1 aromatic rings. The summed E-state index contributed by atoms with van der Waals surface area (Å²) in [5.74, 6) is 0. The van der Waals surface area contributed by atoms with Gasteiger partial charge >= 0.3 is 0 Å². The largest absolute Gasteiger partial charge is 0.0654 e. The first-order chi connectivity index (χ1) is 9.70. The molecule has 1 rings (SSSR count). The van der Waals surface area contributed by atoms with Crippen molar-refractivity contribution in [2.45, 2.75) is 78.1 Å². The van der Waals surface area contributed by atoms with Crippen LogP contribution in [0.4, 0.5) is 0 Å². The Labute approximate surface area is 142 Å². The molecule has 0 amide bonds. The zero-order valence-electron chi connectivity index (χ0n) is 13.0. The zero-order chi connectivity index (χ0) is 14.8. The number of halogens is 2. The van der Waals surface area contributed by atoms with Crippen LogP contribution in [0.5, 0.6) is 0 Å². The van der Waals surface area contributed by atoms with Crippen LogP contribution in [0.25, 0.3) is 0 Å². The maximum atomic E-state index is 3.75. The maximum absolute atomic E-state index is 3.75. The van der Waals surface area contributed by atoms with E-state index >= 15 is 0 Å². The number of benzene rings is 1. The van der Waals surface area contributed by atoms with Crippen molar-refractivity contribution in [3.05, 3.63) is 32.2 Å². The molecule has 0 radical (unpaired) electrons. The van der Waals surface area contributed by atoms with Gasteiger partial charge in [0.25, 0.3) is 0 Å². The molecular weight excluding hydrogens is 376 g/mol. The molecule has 0 saturated carbocycles. The second kappa shape index (κ2) is 10.8. The maximum Gasteiger partial charge on any atom is 0.0210 e. The van der Waals surface area contributed by atoms with Gasteiger partial charge in [0.2, 0.25) is 0 Å². The van der Waals surface area contributed by atoms with Crippen molar-refractivity contribution in [3.8, 4) is 0 Å². The minimum atomic E-state index is 1.21. The predicted octanol–water partition coefficient (Wildman–Crippen LogP) is 7.46. The molecule has 20 heavy (non-hydrogen) atoms. The van der Waals surface area contributed by atoms with Gasteiger partial charge in [-0.15, -0.1) is 0 Å². The Morgan fingerprint density at radius 3 is 1.40 bits per heavy atom. The third-order valence-electron chi connectivity index (χ3n) is 3.88. The fourth-order valence-corrected chi connectivity index (χ4v) is 3.77. The lowest BCUT2D eigenvalue weighted by Crippen LogP contribution is -1.98. The molecule has 0 aliphatic heterocycles. The normalized spacial score (nSPS) is 11.0. The average molecular weight is 404 g/mol. The molecular formula is C18H28Br2. The summed E-state index contributed by atoms with van der Waals surface area (Å²) in [6, 6.07) is 4.38. The zero-order valence-corrected chi connectivity index (χ0v) is 16.2. The Hall–Kier alpha value is 0.180. The van der Waals surface area contributed by atoms with Gasteiger partial charge in [0.1, 0.15) is 0 Å². The van der Waals surface area contributed by atoms with E-state index < -0.39 is 0 Å². The Balaban J connectivity index is 2.66. The summed E-state index contributed by atoms with van der Waals surface area (Å²) in [7, 11) is 0. The van der Waals surface area contributed by atoms with Crippen LogP contribution in [-0.2, 0) is 12.8 Å². The van der Waals surface area contributed by atoms with E-state index in [1.165, 1.54) is 84.3 Å². The van der Waals surface area contributed by atoms with E-state index in [0.717, 1.165) is 0 Å². The third-order valence-corrected chi connectivity index (χ3v) is 5.36.